The van der Waals surface area contributed by atoms with Gasteiger partial charge in [0.25, 0.3) is 0 Å². The highest BCUT2D eigenvalue weighted by atomic mass is 15.1. The predicted octanol–water partition coefficient (Wildman–Crippen LogP) is 19.1. The molecule has 336 valence electrons. The van der Waals surface area contributed by atoms with Crippen LogP contribution in [0.15, 0.2) is 285 Å². The van der Waals surface area contributed by atoms with Crippen molar-refractivity contribution in [2.75, 3.05) is 4.90 Å². The van der Waals surface area contributed by atoms with E-state index in [0.29, 0.717) is 0 Å². The molecule has 0 spiro atoms. The molecule has 0 unspecified atom stereocenters. The second kappa shape index (κ2) is 17.0. The van der Waals surface area contributed by atoms with E-state index < -0.39 is 5.41 Å². The molecule has 13 aromatic carbocycles. The summed E-state index contributed by atoms with van der Waals surface area (Å²) < 4.78 is 0. The molecular formula is C71H47N. The van der Waals surface area contributed by atoms with Crippen molar-refractivity contribution in [3.8, 4) is 44.5 Å². The molecular weight excluding hydrogens is 867 g/mol. The van der Waals surface area contributed by atoms with Crippen molar-refractivity contribution in [1.29, 1.82) is 0 Å². The van der Waals surface area contributed by atoms with E-state index in [0.717, 1.165) is 28.2 Å². The van der Waals surface area contributed by atoms with Crippen LogP contribution in [0.2, 0.25) is 0 Å². The lowest BCUT2D eigenvalue weighted by Gasteiger charge is -2.34. The number of rotatable bonds is 8. The van der Waals surface area contributed by atoms with Crippen molar-refractivity contribution in [2.24, 2.45) is 0 Å². The van der Waals surface area contributed by atoms with Crippen LogP contribution in [0.4, 0.5) is 17.1 Å². The molecule has 14 rings (SSSR count). The summed E-state index contributed by atoms with van der Waals surface area (Å²) in [4.78, 5) is 2.55. The summed E-state index contributed by atoms with van der Waals surface area (Å²) in [6.45, 7) is 0. The Morgan fingerprint density at radius 1 is 0.250 bits per heavy atom. The Morgan fingerprint density at radius 3 is 1.43 bits per heavy atom. The van der Waals surface area contributed by atoms with E-state index in [1.54, 1.807) is 0 Å². The first kappa shape index (κ1) is 41.7. The summed E-state index contributed by atoms with van der Waals surface area (Å²) in [5.41, 5.74) is 17.6. The van der Waals surface area contributed by atoms with Crippen molar-refractivity contribution < 1.29 is 0 Å². The van der Waals surface area contributed by atoms with E-state index in [-0.39, 0.29) is 0 Å². The van der Waals surface area contributed by atoms with Crippen LogP contribution in [0.1, 0.15) is 22.3 Å². The molecule has 0 atom stereocenters. The molecule has 1 nitrogen and oxygen atoms in total. The summed E-state index contributed by atoms with van der Waals surface area (Å²) in [6, 6.07) is 106. The zero-order valence-electron chi connectivity index (χ0n) is 39.6. The molecule has 0 aromatic heterocycles. The number of nitrogens with zero attached hydrogens (tertiary/aromatic N) is 1. The fraction of sp³-hybridized carbons (Fsp3) is 0.0141. The smallest absolute Gasteiger partial charge is 0.0714 e. The predicted molar refractivity (Wildman–Crippen MR) is 305 cm³/mol. The Kier molecular flexibility index (Phi) is 9.82. The Labute approximate surface area is 420 Å². The largest absolute Gasteiger partial charge is 0.309 e. The Hall–Kier alpha value is -9.30. The number of benzene rings is 13. The van der Waals surface area contributed by atoms with Crippen LogP contribution in [0.5, 0.6) is 0 Å². The lowest BCUT2D eigenvalue weighted by Crippen LogP contribution is -2.28. The van der Waals surface area contributed by atoms with Gasteiger partial charge in [0.05, 0.1) is 16.8 Å². The molecule has 0 saturated carbocycles. The van der Waals surface area contributed by atoms with Crippen LogP contribution < -0.4 is 4.90 Å². The monoisotopic (exact) mass is 913 g/mol. The maximum atomic E-state index is 2.55. The van der Waals surface area contributed by atoms with Crippen LogP contribution in [0.3, 0.4) is 0 Å². The van der Waals surface area contributed by atoms with Crippen LogP contribution in [0.25, 0.3) is 87.6 Å². The van der Waals surface area contributed by atoms with Crippen molar-refractivity contribution >= 4 is 60.2 Å². The van der Waals surface area contributed by atoms with Gasteiger partial charge < -0.3 is 4.90 Å². The van der Waals surface area contributed by atoms with E-state index in [1.165, 1.54) is 98.7 Å². The van der Waals surface area contributed by atoms with Crippen LogP contribution >= 0.6 is 0 Å². The number of fused-ring (bicyclic) bond motifs is 9. The highest BCUT2D eigenvalue weighted by Gasteiger charge is 2.47. The topological polar surface area (TPSA) is 3.24 Å². The van der Waals surface area contributed by atoms with Gasteiger partial charge >= 0.3 is 0 Å². The summed E-state index contributed by atoms with van der Waals surface area (Å²) >= 11 is 0. The summed E-state index contributed by atoms with van der Waals surface area (Å²) in [6.07, 6.45) is 0. The average molecular weight is 914 g/mol. The van der Waals surface area contributed by atoms with E-state index in [1.807, 2.05) is 0 Å². The molecule has 0 amide bonds. The first-order valence-electron chi connectivity index (χ1n) is 25.0. The molecule has 0 fully saturated rings. The van der Waals surface area contributed by atoms with Gasteiger partial charge in [-0.1, -0.05) is 255 Å². The number of hydrogen-bond acceptors (Lipinski definition) is 1. The molecule has 1 aliphatic carbocycles. The first-order chi connectivity index (χ1) is 35.8. The van der Waals surface area contributed by atoms with Gasteiger partial charge in [-0.15, -0.1) is 0 Å². The number of hydrogen-bond donors (Lipinski definition) is 0. The maximum Gasteiger partial charge on any atom is 0.0714 e. The van der Waals surface area contributed by atoms with Crippen molar-refractivity contribution in [3.05, 3.63) is 307 Å². The lowest BCUT2D eigenvalue weighted by molar-refractivity contribution is 0.768. The third-order valence-electron chi connectivity index (χ3n) is 15.3. The Balaban J connectivity index is 1.05. The maximum absolute atomic E-state index is 2.55. The molecule has 0 radical (unpaired) electrons. The van der Waals surface area contributed by atoms with Crippen molar-refractivity contribution in [1.82, 2.24) is 0 Å². The zero-order valence-corrected chi connectivity index (χ0v) is 39.6. The summed E-state index contributed by atoms with van der Waals surface area (Å²) in [5, 5.41) is 9.85. The van der Waals surface area contributed by atoms with Gasteiger partial charge in [0.15, 0.2) is 0 Å². The third kappa shape index (κ3) is 6.41. The molecule has 0 saturated heterocycles. The zero-order chi connectivity index (χ0) is 47.6. The summed E-state index contributed by atoms with van der Waals surface area (Å²) in [5.74, 6) is 0. The molecule has 0 aliphatic heterocycles. The molecule has 0 bridgehead atoms. The quantitative estimate of drug-likeness (QED) is 0.137. The van der Waals surface area contributed by atoms with Gasteiger partial charge in [0.2, 0.25) is 0 Å². The average Bonchev–Trinajstić information content (AvgIpc) is 3.77. The molecule has 0 heterocycles. The SMILES string of the molecule is c1ccc(-c2c(-c3ccccc3)c3cc(-c4cccc(N(c5cccc6c5-c5ccccc5C6(c5ccccc5)c5ccccc5)c5cc6ccccc6c6ccccc56)c4)ccc3c3ccccc23)cc1. The molecule has 0 N–H and O–H groups in total. The van der Waals surface area contributed by atoms with Gasteiger partial charge in [0.1, 0.15) is 0 Å². The minimum atomic E-state index is -0.548. The standard InChI is InChI=1S/C71H47N/c1-5-23-48(24-6-1)68-61-38-18-16-36-58(61)59-44-43-51(46-63(59)69(68)49-25-7-2-8-26-49)50-28-21-33-55(45-50)72(67-47-52-27-13-14-34-56(52)57-35-15-17-37-60(57)67)66-42-22-41-65-70(66)62-39-19-20-40-64(62)71(65,53-29-9-3-10-30-53)54-31-11-4-12-32-54/h1-47H. The highest BCUT2D eigenvalue weighted by molar-refractivity contribution is 6.22. The van der Waals surface area contributed by atoms with Gasteiger partial charge in [-0.3, -0.25) is 0 Å². The highest BCUT2D eigenvalue weighted by Crippen LogP contribution is 2.60. The van der Waals surface area contributed by atoms with E-state index in [4.69, 9.17) is 0 Å². The second-order valence-electron chi connectivity index (χ2n) is 19.1. The molecule has 1 aliphatic rings. The molecule has 72 heavy (non-hydrogen) atoms. The fourth-order valence-corrected chi connectivity index (χ4v) is 12.3. The summed E-state index contributed by atoms with van der Waals surface area (Å²) in [7, 11) is 0. The lowest BCUT2D eigenvalue weighted by atomic mass is 9.68. The fourth-order valence-electron chi connectivity index (χ4n) is 12.3. The normalized spacial score (nSPS) is 12.6. The minimum Gasteiger partial charge on any atom is -0.309 e. The van der Waals surface area contributed by atoms with Crippen LogP contribution in [-0.4, -0.2) is 0 Å². The third-order valence-corrected chi connectivity index (χ3v) is 15.3. The van der Waals surface area contributed by atoms with Gasteiger partial charge in [-0.05, 0) is 129 Å². The minimum absolute atomic E-state index is 0.548. The van der Waals surface area contributed by atoms with Crippen LogP contribution in [0, 0.1) is 0 Å². The number of anilines is 3. The van der Waals surface area contributed by atoms with Crippen molar-refractivity contribution in [2.45, 2.75) is 5.41 Å². The van der Waals surface area contributed by atoms with Gasteiger partial charge in [0, 0.05) is 16.6 Å². The van der Waals surface area contributed by atoms with Gasteiger partial charge in [-0.25, -0.2) is 0 Å². The molecule has 13 aromatic rings. The second-order valence-corrected chi connectivity index (χ2v) is 19.1. The molecule has 1 heteroatoms. The van der Waals surface area contributed by atoms with E-state index in [9.17, 15) is 0 Å². The first-order valence-corrected chi connectivity index (χ1v) is 25.0. The van der Waals surface area contributed by atoms with Crippen molar-refractivity contribution in [3.63, 3.8) is 0 Å². The van der Waals surface area contributed by atoms with Crippen LogP contribution in [-0.2, 0) is 5.41 Å². The van der Waals surface area contributed by atoms with E-state index in [2.05, 4.69) is 290 Å². The Bertz CT molecular complexity index is 4160. The Morgan fingerprint density at radius 2 is 0.736 bits per heavy atom. The van der Waals surface area contributed by atoms with Gasteiger partial charge in [-0.2, -0.15) is 0 Å². The van der Waals surface area contributed by atoms with E-state index >= 15 is 0 Å².